The van der Waals surface area contributed by atoms with Crippen LogP contribution >= 0.6 is 0 Å². The minimum absolute atomic E-state index is 0.148. The number of aryl methyl sites for hydroxylation is 1. The normalized spacial score (nSPS) is 13.1. The predicted octanol–water partition coefficient (Wildman–Crippen LogP) is -0.0762. The van der Waals surface area contributed by atoms with E-state index in [4.69, 9.17) is 10.6 Å². The van der Waals surface area contributed by atoms with Crippen LogP contribution < -0.4 is 11.3 Å². The standard InChI is InChI=1S/C9H18N4O/c1-3-13-6-8(5-11-13)4-9(12-10)7-14-2/h5-6,9,12H,3-4,7,10H2,1-2H3. The van der Waals surface area contributed by atoms with Crippen LogP contribution in [0.15, 0.2) is 12.4 Å². The smallest absolute Gasteiger partial charge is 0.0632 e. The number of nitrogens with zero attached hydrogens (tertiary/aromatic N) is 2. The monoisotopic (exact) mass is 198 g/mol. The predicted molar refractivity (Wildman–Crippen MR) is 54.6 cm³/mol. The number of hydrazine groups is 1. The number of nitrogens with one attached hydrogen (secondary N) is 1. The number of methoxy groups -OCH3 is 1. The van der Waals surface area contributed by atoms with Crippen molar-refractivity contribution in [2.75, 3.05) is 13.7 Å². The second-order valence-electron chi connectivity index (χ2n) is 3.23. The molecule has 0 bridgehead atoms. The largest absolute Gasteiger partial charge is 0.383 e. The van der Waals surface area contributed by atoms with E-state index in [9.17, 15) is 0 Å². The molecule has 0 aliphatic carbocycles. The highest BCUT2D eigenvalue weighted by molar-refractivity contribution is 5.06. The Bertz CT molecular complexity index is 261. The molecule has 1 atom stereocenters. The minimum atomic E-state index is 0.148. The first-order valence-corrected chi connectivity index (χ1v) is 4.76. The van der Waals surface area contributed by atoms with Gasteiger partial charge >= 0.3 is 0 Å². The van der Waals surface area contributed by atoms with Crippen LogP contribution in [0.25, 0.3) is 0 Å². The summed E-state index contributed by atoms with van der Waals surface area (Å²) in [6.07, 6.45) is 4.73. The van der Waals surface area contributed by atoms with Gasteiger partial charge in [-0.25, -0.2) is 0 Å². The zero-order valence-corrected chi connectivity index (χ0v) is 8.73. The minimum Gasteiger partial charge on any atom is -0.383 e. The molecule has 5 nitrogen and oxygen atoms in total. The van der Waals surface area contributed by atoms with Gasteiger partial charge in [0.25, 0.3) is 0 Å². The Kier molecular flexibility index (Phi) is 4.58. The Morgan fingerprint density at radius 1 is 1.71 bits per heavy atom. The first kappa shape index (κ1) is 11.2. The average Bonchev–Trinajstić information content (AvgIpc) is 2.65. The lowest BCUT2D eigenvalue weighted by Crippen LogP contribution is -2.39. The molecule has 0 aromatic carbocycles. The van der Waals surface area contributed by atoms with Crippen LogP contribution in [0, 0.1) is 0 Å². The summed E-state index contributed by atoms with van der Waals surface area (Å²) in [6.45, 7) is 3.56. The van der Waals surface area contributed by atoms with Gasteiger partial charge in [-0.1, -0.05) is 0 Å². The summed E-state index contributed by atoms with van der Waals surface area (Å²) in [5, 5.41) is 4.19. The number of aromatic nitrogens is 2. The van der Waals surface area contributed by atoms with Crippen molar-refractivity contribution < 1.29 is 4.74 Å². The third kappa shape index (κ3) is 3.10. The van der Waals surface area contributed by atoms with Crippen molar-refractivity contribution in [2.24, 2.45) is 5.84 Å². The van der Waals surface area contributed by atoms with E-state index < -0.39 is 0 Å². The molecular weight excluding hydrogens is 180 g/mol. The van der Waals surface area contributed by atoms with Gasteiger partial charge in [-0.05, 0) is 18.9 Å². The number of ether oxygens (including phenoxy) is 1. The SMILES string of the molecule is CCn1cc(CC(COC)NN)cn1. The first-order valence-electron chi connectivity index (χ1n) is 4.76. The van der Waals surface area contributed by atoms with Crippen LogP contribution in [0.5, 0.6) is 0 Å². The molecule has 0 fully saturated rings. The maximum Gasteiger partial charge on any atom is 0.0632 e. The Hall–Kier alpha value is -0.910. The summed E-state index contributed by atoms with van der Waals surface area (Å²) in [4.78, 5) is 0. The summed E-state index contributed by atoms with van der Waals surface area (Å²) < 4.78 is 6.93. The molecule has 0 aliphatic heterocycles. The van der Waals surface area contributed by atoms with Gasteiger partial charge in [0.15, 0.2) is 0 Å². The quantitative estimate of drug-likeness (QED) is 0.496. The van der Waals surface area contributed by atoms with Crippen LogP contribution in [0.2, 0.25) is 0 Å². The maximum absolute atomic E-state index is 5.39. The second kappa shape index (κ2) is 5.74. The molecule has 14 heavy (non-hydrogen) atoms. The van der Waals surface area contributed by atoms with Crippen molar-refractivity contribution in [3.63, 3.8) is 0 Å². The molecule has 0 saturated heterocycles. The molecule has 1 aromatic rings. The molecule has 3 N–H and O–H groups in total. The molecule has 0 saturated carbocycles. The maximum atomic E-state index is 5.39. The first-order chi connectivity index (χ1) is 6.80. The number of rotatable bonds is 6. The molecule has 0 radical (unpaired) electrons. The molecule has 1 rings (SSSR count). The Morgan fingerprint density at radius 3 is 3.00 bits per heavy atom. The molecule has 0 spiro atoms. The van der Waals surface area contributed by atoms with Crippen molar-refractivity contribution in [3.8, 4) is 0 Å². The van der Waals surface area contributed by atoms with Gasteiger partial charge in [-0.2, -0.15) is 5.10 Å². The topological polar surface area (TPSA) is 65.1 Å². The summed E-state index contributed by atoms with van der Waals surface area (Å²) in [5.41, 5.74) is 3.89. The molecule has 5 heteroatoms. The summed E-state index contributed by atoms with van der Waals surface area (Å²) in [7, 11) is 1.67. The lowest BCUT2D eigenvalue weighted by atomic mass is 10.1. The van der Waals surface area contributed by atoms with Crippen molar-refractivity contribution in [3.05, 3.63) is 18.0 Å². The van der Waals surface area contributed by atoms with E-state index in [0.29, 0.717) is 6.61 Å². The van der Waals surface area contributed by atoms with Crippen molar-refractivity contribution in [2.45, 2.75) is 25.9 Å². The van der Waals surface area contributed by atoms with Crippen LogP contribution in [-0.2, 0) is 17.7 Å². The average molecular weight is 198 g/mol. The zero-order chi connectivity index (χ0) is 10.4. The molecule has 80 valence electrons. The summed E-state index contributed by atoms with van der Waals surface area (Å²) in [5.74, 6) is 5.39. The fraction of sp³-hybridized carbons (Fsp3) is 0.667. The van der Waals surface area contributed by atoms with E-state index >= 15 is 0 Å². The van der Waals surface area contributed by atoms with Gasteiger partial charge in [-0.15, -0.1) is 0 Å². The van der Waals surface area contributed by atoms with Crippen molar-refractivity contribution in [1.29, 1.82) is 0 Å². The highest BCUT2D eigenvalue weighted by atomic mass is 16.5. The molecule has 0 amide bonds. The second-order valence-corrected chi connectivity index (χ2v) is 3.23. The molecule has 0 aliphatic rings. The van der Waals surface area contributed by atoms with Gasteiger partial charge in [0.2, 0.25) is 0 Å². The number of hydrogen-bond donors (Lipinski definition) is 2. The third-order valence-corrected chi connectivity index (χ3v) is 2.10. The summed E-state index contributed by atoms with van der Waals surface area (Å²) >= 11 is 0. The van der Waals surface area contributed by atoms with Gasteiger partial charge in [0, 0.05) is 25.9 Å². The van der Waals surface area contributed by atoms with Crippen LogP contribution in [0.1, 0.15) is 12.5 Å². The van der Waals surface area contributed by atoms with Crippen molar-refractivity contribution in [1.82, 2.24) is 15.2 Å². The third-order valence-electron chi connectivity index (χ3n) is 2.10. The van der Waals surface area contributed by atoms with E-state index in [1.165, 1.54) is 5.56 Å². The fourth-order valence-electron chi connectivity index (χ4n) is 1.34. The molecular formula is C9H18N4O. The Labute approximate surface area is 84.2 Å². The highest BCUT2D eigenvalue weighted by Crippen LogP contribution is 2.02. The lowest BCUT2D eigenvalue weighted by Gasteiger charge is -2.12. The number of hydrogen-bond acceptors (Lipinski definition) is 4. The van der Waals surface area contributed by atoms with E-state index in [1.54, 1.807) is 7.11 Å². The zero-order valence-electron chi connectivity index (χ0n) is 8.73. The highest BCUT2D eigenvalue weighted by Gasteiger charge is 2.08. The lowest BCUT2D eigenvalue weighted by molar-refractivity contribution is 0.166. The Morgan fingerprint density at radius 2 is 2.50 bits per heavy atom. The molecule has 1 heterocycles. The van der Waals surface area contributed by atoms with E-state index in [0.717, 1.165) is 13.0 Å². The fourth-order valence-corrected chi connectivity index (χ4v) is 1.34. The van der Waals surface area contributed by atoms with Crippen molar-refractivity contribution >= 4 is 0 Å². The molecule has 1 aromatic heterocycles. The Balaban J connectivity index is 2.48. The van der Waals surface area contributed by atoms with E-state index in [-0.39, 0.29) is 6.04 Å². The van der Waals surface area contributed by atoms with Crippen LogP contribution in [0.3, 0.4) is 0 Å². The van der Waals surface area contributed by atoms with Gasteiger partial charge in [0.05, 0.1) is 12.8 Å². The number of nitrogens with two attached hydrogens (primary N) is 1. The van der Waals surface area contributed by atoms with Gasteiger partial charge < -0.3 is 4.74 Å². The van der Waals surface area contributed by atoms with E-state index in [2.05, 4.69) is 17.4 Å². The van der Waals surface area contributed by atoms with Crippen LogP contribution in [0.4, 0.5) is 0 Å². The molecule has 1 unspecified atom stereocenters. The van der Waals surface area contributed by atoms with Crippen LogP contribution in [-0.4, -0.2) is 29.5 Å². The summed E-state index contributed by atoms with van der Waals surface area (Å²) in [6, 6.07) is 0.148. The van der Waals surface area contributed by atoms with Gasteiger partial charge in [-0.3, -0.25) is 16.0 Å². The van der Waals surface area contributed by atoms with E-state index in [1.807, 2.05) is 17.1 Å². The van der Waals surface area contributed by atoms with Gasteiger partial charge in [0.1, 0.15) is 0 Å².